The Balaban J connectivity index is 1.81. The third-order valence-corrected chi connectivity index (χ3v) is 5.71. The summed E-state index contributed by atoms with van der Waals surface area (Å²) in [5, 5.41) is 21.3. The van der Waals surface area contributed by atoms with Crippen LogP contribution in [-0.2, 0) is 14.3 Å². The molecule has 4 rings (SSSR count). The average Bonchev–Trinajstić information content (AvgIpc) is 3.06. The molecule has 0 aromatic carbocycles. The number of nitrogens with one attached hydrogen (secondary N) is 1. The van der Waals surface area contributed by atoms with Gasteiger partial charge in [-0.15, -0.1) is 21.5 Å². The van der Waals surface area contributed by atoms with E-state index >= 15 is 0 Å². The van der Waals surface area contributed by atoms with Gasteiger partial charge in [0.25, 0.3) is 0 Å². The summed E-state index contributed by atoms with van der Waals surface area (Å²) >= 11 is 5.89. The standard InChI is InChI=1S/C12H12N4O4S2/c1-3-14-15-10(22-3)9(21)4-6(12(18)19)16-7-5(11(16)17)13-2-20-8(4)7/h5,7-9,13,21H,2H2,1H3,(H,18,19)/t5-,7-,8?,9?/m0/s1. The summed E-state index contributed by atoms with van der Waals surface area (Å²) in [4.78, 5) is 25.1. The summed E-state index contributed by atoms with van der Waals surface area (Å²) < 4.78 is 5.67. The van der Waals surface area contributed by atoms with E-state index in [2.05, 4.69) is 28.1 Å². The van der Waals surface area contributed by atoms with E-state index in [1.807, 2.05) is 6.92 Å². The number of β-lactam (4-membered cyclic amide) rings is 1. The van der Waals surface area contributed by atoms with Gasteiger partial charge in [0, 0.05) is 5.57 Å². The SMILES string of the molecule is Cc1nnc(C(S)C2=C(C(=O)O)N3C(=O)[C@H]4NCOC2[C@H]43)s1. The Bertz CT molecular complexity index is 718. The lowest BCUT2D eigenvalue weighted by molar-refractivity contribution is -0.163. The van der Waals surface area contributed by atoms with E-state index in [4.69, 9.17) is 4.74 Å². The first-order chi connectivity index (χ1) is 10.5. The van der Waals surface area contributed by atoms with Crippen molar-refractivity contribution in [3.63, 3.8) is 0 Å². The van der Waals surface area contributed by atoms with Crippen molar-refractivity contribution >= 4 is 35.8 Å². The van der Waals surface area contributed by atoms with E-state index in [0.717, 1.165) is 5.01 Å². The Morgan fingerprint density at radius 2 is 2.36 bits per heavy atom. The molecule has 0 saturated carbocycles. The van der Waals surface area contributed by atoms with Gasteiger partial charge < -0.3 is 9.84 Å². The van der Waals surface area contributed by atoms with Gasteiger partial charge in [-0.2, -0.15) is 12.6 Å². The second-order valence-electron chi connectivity index (χ2n) is 5.28. The zero-order valence-electron chi connectivity index (χ0n) is 11.4. The third-order valence-electron chi connectivity index (χ3n) is 4.11. The third kappa shape index (κ3) is 1.72. The summed E-state index contributed by atoms with van der Waals surface area (Å²) in [6, 6.07) is -0.701. The molecule has 0 spiro atoms. The lowest BCUT2D eigenvalue weighted by atomic mass is 9.90. The van der Waals surface area contributed by atoms with E-state index in [-0.39, 0.29) is 30.4 Å². The van der Waals surface area contributed by atoms with Gasteiger partial charge in [-0.05, 0) is 6.92 Å². The van der Waals surface area contributed by atoms with Gasteiger partial charge >= 0.3 is 5.97 Å². The molecule has 1 aromatic rings. The smallest absolute Gasteiger partial charge is 0.352 e. The Labute approximate surface area is 134 Å². The number of carbonyl (C=O) groups is 2. The van der Waals surface area contributed by atoms with Crippen molar-refractivity contribution in [2.24, 2.45) is 0 Å². The quantitative estimate of drug-likeness (QED) is 0.512. The highest BCUT2D eigenvalue weighted by atomic mass is 32.1. The van der Waals surface area contributed by atoms with Crippen LogP contribution in [0.3, 0.4) is 0 Å². The number of aromatic nitrogens is 2. The number of nitrogens with zero attached hydrogens (tertiary/aromatic N) is 3. The highest BCUT2D eigenvalue weighted by Crippen LogP contribution is 2.48. The Hall–Kier alpha value is -1.49. The van der Waals surface area contributed by atoms with Crippen molar-refractivity contribution < 1.29 is 19.4 Å². The second-order valence-corrected chi connectivity index (χ2v) is 7.01. The summed E-state index contributed by atoms with van der Waals surface area (Å²) in [7, 11) is 0. The molecule has 4 atom stereocenters. The fraction of sp³-hybridized carbons (Fsp3) is 0.500. The minimum Gasteiger partial charge on any atom is -0.477 e. The van der Waals surface area contributed by atoms with Crippen LogP contribution in [0.25, 0.3) is 0 Å². The predicted molar refractivity (Wildman–Crippen MR) is 78.3 cm³/mol. The largest absolute Gasteiger partial charge is 0.477 e. The molecular formula is C12H12N4O4S2. The molecule has 116 valence electrons. The van der Waals surface area contributed by atoms with Crippen LogP contribution in [0, 0.1) is 6.92 Å². The molecule has 8 nitrogen and oxygen atoms in total. The predicted octanol–water partition coefficient (Wildman–Crippen LogP) is -0.305. The Morgan fingerprint density at radius 3 is 3.00 bits per heavy atom. The number of aryl methyl sites for hydroxylation is 1. The van der Waals surface area contributed by atoms with Crippen LogP contribution < -0.4 is 5.32 Å². The number of carboxylic acids is 1. The number of hydrogen-bond acceptors (Lipinski definition) is 8. The number of aliphatic carboxylic acids is 1. The van der Waals surface area contributed by atoms with Crippen LogP contribution in [0.15, 0.2) is 11.3 Å². The van der Waals surface area contributed by atoms with Crippen LogP contribution in [0.5, 0.6) is 0 Å². The van der Waals surface area contributed by atoms with Crippen molar-refractivity contribution in [2.45, 2.75) is 30.4 Å². The molecule has 22 heavy (non-hydrogen) atoms. The first-order valence-corrected chi connectivity index (χ1v) is 7.97. The van der Waals surface area contributed by atoms with Gasteiger partial charge in [-0.25, -0.2) is 4.79 Å². The number of rotatable bonds is 3. The number of carbonyl (C=O) groups excluding carboxylic acids is 1. The molecule has 3 aliphatic heterocycles. The fourth-order valence-electron chi connectivity index (χ4n) is 3.23. The van der Waals surface area contributed by atoms with E-state index in [1.54, 1.807) is 0 Å². The lowest BCUT2D eigenvalue weighted by Gasteiger charge is -2.48. The zero-order valence-corrected chi connectivity index (χ0v) is 13.1. The normalized spacial score (nSPS) is 31.1. The van der Waals surface area contributed by atoms with E-state index < -0.39 is 17.3 Å². The van der Waals surface area contributed by atoms with Gasteiger partial charge in [0.1, 0.15) is 27.9 Å². The highest BCUT2D eigenvalue weighted by Gasteiger charge is 2.63. The molecule has 1 aromatic heterocycles. The maximum atomic E-state index is 12.1. The van der Waals surface area contributed by atoms with Crippen LogP contribution in [0.4, 0.5) is 0 Å². The molecule has 3 aliphatic rings. The van der Waals surface area contributed by atoms with Crippen molar-refractivity contribution in [1.29, 1.82) is 0 Å². The van der Waals surface area contributed by atoms with Gasteiger partial charge in [0.15, 0.2) is 0 Å². The van der Waals surface area contributed by atoms with E-state index in [1.165, 1.54) is 16.2 Å². The van der Waals surface area contributed by atoms with Gasteiger partial charge in [-0.1, -0.05) is 0 Å². The van der Waals surface area contributed by atoms with Crippen LogP contribution in [-0.4, -0.2) is 57.0 Å². The first kappa shape index (κ1) is 14.1. The second kappa shape index (κ2) is 4.75. The van der Waals surface area contributed by atoms with Crippen molar-refractivity contribution in [1.82, 2.24) is 20.4 Å². The maximum absolute atomic E-state index is 12.1. The molecule has 0 radical (unpaired) electrons. The van der Waals surface area contributed by atoms with Crippen LogP contribution >= 0.6 is 24.0 Å². The topological polar surface area (TPSA) is 105 Å². The summed E-state index contributed by atoms with van der Waals surface area (Å²) in [6.07, 6.45) is -0.471. The highest BCUT2D eigenvalue weighted by molar-refractivity contribution is 7.81. The summed E-state index contributed by atoms with van der Waals surface area (Å²) in [5.74, 6) is -1.39. The molecular weight excluding hydrogens is 328 g/mol. The lowest BCUT2D eigenvalue weighted by Crippen LogP contribution is -2.73. The molecule has 0 aliphatic carbocycles. The number of thiol groups is 1. The maximum Gasteiger partial charge on any atom is 0.352 e. The molecule has 2 unspecified atom stereocenters. The van der Waals surface area contributed by atoms with E-state index in [9.17, 15) is 14.7 Å². The molecule has 1 amide bonds. The minimum absolute atomic E-state index is 0.0344. The Kier molecular flexibility index (Phi) is 3.05. The summed E-state index contributed by atoms with van der Waals surface area (Å²) in [6.45, 7) is 2.02. The Morgan fingerprint density at radius 1 is 1.59 bits per heavy atom. The monoisotopic (exact) mass is 340 g/mol. The van der Waals surface area contributed by atoms with Crippen molar-refractivity contribution in [2.75, 3.05) is 6.73 Å². The molecule has 2 N–H and O–H groups in total. The van der Waals surface area contributed by atoms with Crippen LogP contribution in [0.2, 0.25) is 0 Å². The average molecular weight is 340 g/mol. The van der Waals surface area contributed by atoms with E-state index in [0.29, 0.717) is 10.6 Å². The van der Waals surface area contributed by atoms with Gasteiger partial charge in [0.2, 0.25) is 5.91 Å². The minimum atomic E-state index is -1.15. The van der Waals surface area contributed by atoms with Crippen LogP contribution in [0.1, 0.15) is 15.3 Å². The number of carboxylic acid groups (broad SMARTS) is 1. The number of ether oxygens (including phenoxy) is 1. The van der Waals surface area contributed by atoms with Crippen molar-refractivity contribution in [3.05, 3.63) is 21.3 Å². The molecule has 4 heterocycles. The van der Waals surface area contributed by atoms with Crippen molar-refractivity contribution in [3.8, 4) is 0 Å². The zero-order chi connectivity index (χ0) is 15.6. The number of hydrogen-bond donors (Lipinski definition) is 3. The molecule has 2 saturated heterocycles. The molecule has 10 heteroatoms. The molecule has 2 fully saturated rings. The summed E-state index contributed by atoms with van der Waals surface area (Å²) in [5.41, 5.74) is 0.446. The van der Waals surface area contributed by atoms with Gasteiger partial charge in [-0.3, -0.25) is 15.0 Å². The molecule has 0 bridgehead atoms. The fourth-order valence-corrected chi connectivity index (χ4v) is 4.41. The number of amides is 1. The first-order valence-electron chi connectivity index (χ1n) is 6.64. The van der Waals surface area contributed by atoms with Gasteiger partial charge in [0.05, 0.1) is 18.0 Å².